The number of hydrogen-bond donors (Lipinski definition) is 0. The topological polar surface area (TPSA) is 63.5 Å². The molecule has 2 rings (SSSR count). The molecule has 5 nitrogen and oxygen atoms in total. The number of ketones is 1. The minimum Gasteiger partial charge on any atom is -0.298 e. The molecule has 0 N–H and O–H groups in total. The van der Waals surface area contributed by atoms with Crippen LogP contribution in [0.4, 0.5) is 5.69 Å². The van der Waals surface area contributed by atoms with Gasteiger partial charge in [-0.2, -0.15) is 0 Å². The van der Waals surface area contributed by atoms with Crippen molar-refractivity contribution in [2.24, 2.45) is 0 Å². The van der Waals surface area contributed by atoms with E-state index in [0.717, 1.165) is 25.8 Å². The second-order valence-corrected chi connectivity index (χ2v) is 5.56. The third kappa shape index (κ3) is 3.35. The van der Waals surface area contributed by atoms with Crippen LogP contribution in [0.3, 0.4) is 0 Å². The summed E-state index contributed by atoms with van der Waals surface area (Å²) in [5, 5.41) is 11.5. The van der Waals surface area contributed by atoms with Crippen molar-refractivity contribution >= 4 is 23.1 Å². The molecule has 1 saturated heterocycles. The van der Waals surface area contributed by atoms with Gasteiger partial charge in [0.15, 0.2) is 0 Å². The maximum atomic E-state index is 11.7. The summed E-state index contributed by atoms with van der Waals surface area (Å²) in [6, 6.07) is 4.42. The van der Waals surface area contributed by atoms with Crippen molar-refractivity contribution in [1.82, 2.24) is 4.90 Å². The summed E-state index contributed by atoms with van der Waals surface area (Å²) in [6.07, 6.45) is 2.86. The van der Waals surface area contributed by atoms with E-state index in [-0.39, 0.29) is 17.5 Å². The molecular weight excluding hydrogens is 280 g/mol. The summed E-state index contributed by atoms with van der Waals surface area (Å²) in [6.45, 7) is 2.75. The van der Waals surface area contributed by atoms with Gasteiger partial charge in [-0.1, -0.05) is 18.0 Å². The Morgan fingerprint density at radius 1 is 1.50 bits per heavy atom. The van der Waals surface area contributed by atoms with Crippen molar-refractivity contribution in [3.63, 3.8) is 0 Å². The first-order valence-corrected chi connectivity index (χ1v) is 7.04. The molecule has 0 bridgehead atoms. The number of nitrogens with zero attached hydrogens (tertiary/aromatic N) is 2. The quantitative estimate of drug-likeness (QED) is 0.632. The van der Waals surface area contributed by atoms with Crippen LogP contribution in [0.15, 0.2) is 18.2 Å². The highest BCUT2D eigenvalue weighted by Crippen LogP contribution is 2.27. The van der Waals surface area contributed by atoms with E-state index in [9.17, 15) is 14.9 Å². The van der Waals surface area contributed by atoms with Crippen LogP contribution in [0, 0.1) is 10.1 Å². The summed E-state index contributed by atoms with van der Waals surface area (Å²) in [5.41, 5.74) is 0.623. The molecule has 1 atom stereocenters. The molecule has 0 saturated carbocycles. The maximum Gasteiger partial charge on any atom is 0.273 e. The van der Waals surface area contributed by atoms with Crippen molar-refractivity contribution in [1.29, 1.82) is 0 Å². The molecule has 6 heteroatoms. The van der Waals surface area contributed by atoms with Gasteiger partial charge in [0.05, 0.1) is 11.0 Å². The lowest BCUT2D eigenvalue weighted by atomic mass is 9.98. The molecule has 108 valence electrons. The van der Waals surface area contributed by atoms with Crippen LogP contribution in [0.2, 0.25) is 5.02 Å². The minimum absolute atomic E-state index is 0.0577. The Kier molecular flexibility index (Phi) is 4.73. The second-order valence-electron chi connectivity index (χ2n) is 5.12. The SMILES string of the molecule is CC(=O)C1CCCCN1Cc1cc(Cl)ccc1[N+](=O)[O-]. The Morgan fingerprint density at radius 2 is 2.25 bits per heavy atom. The lowest BCUT2D eigenvalue weighted by molar-refractivity contribution is -0.385. The second kappa shape index (κ2) is 6.33. The van der Waals surface area contributed by atoms with Gasteiger partial charge in [-0.3, -0.25) is 19.8 Å². The Balaban J connectivity index is 2.25. The minimum atomic E-state index is -0.404. The fourth-order valence-corrected chi connectivity index (χ4v) is 2.91. The van der Waals surface area contributed by atoms with E-state index in [2.05, 4.69) is 0 Å². The van der Waals surface area contributed by atoms with E-state index in [1.807, 2.05) is 4.90 Å². The number of likely N-dealkylation sites (tertiary alicyclic amines) is 1. The van der Waals surface area contributed by atoms with Crippen LogP contribution in [-0.2, 0) is 11.3 Å². The van der Waals surface area contributed by atoms with Crippen molar-refractivity contribution in [3.8, 4) is 0 Å². The molecule has 1 fully saturated rings. The zero-order valence-electron chi connectivity index (χ0n) is 11.3. The van der Waals surface area contributed by atoms with Crippen LogP contribution >= 0.6 is 11.6 Å². The highest BCUT2D eigenvalue weighted by atomic mass is 35.5. The number of halogens is 1. The summed E-state index contributed by atoms with van der Waals surface area (Å²) in [5.74, 6) is 0.120. The average Bonchev–Trinajstić information content (AvgIpc) is 2.38. The summed E-state index contributed by atoms with van der Waals surface area (Å²) < 4.78 is 0. The number of rotatable bonds is 4. The Labute approximate surface area is 122 Å². The first kappa shape index (κ1) is 14.9. The number of hydrogen-bond acceptors (Lipinski definition) is 4. The molecule has 0 radical (unpaired) electrons. The summed E-state index contributed by atoms with van der Waals surface area (Å²) in [7, 11) is 0. The van der Waals surface area contributed by atoms with Crippen LogP contribution in [0.1, 0.15) is 31.7 Å². The molecule has 0 spiro atoms. The third-order valence-electron chi connectivity index (χ3n) is 3.69. The standard InChI is InChI=1S/C14H17ClN2O3/c1-10(18)13-4-2-3-7-16(13)9-11-8-12(15)5-6-14(11)17(19)20/h5-6,8,13H,2-4,7,9H2,1H3. The third-order valence-corrected chi connectivity index (χ3v) is 3.93. The lowest BCUT2D eigenvalue weighted by Gasteiger charge is -2.33. The number of nitro groups is 1. The molecule has 0 aromatic heterocycles. The Bertz CT molecular complexity index is 533. The van der Waals surface area contributed by atoms with Crippen molar-refractivity contribution < 1.29 is 9.72 Å². The molecule has 0 aliphatic carbocycles. The zero-order chi connectivity index (χ0) is 14.7. The zero-order valence-corrected chi connectivity index (χ0v) is 12.1. The van der Waals surface area contributed by atoms with E-state index in [0.29, 0.717) is 17.1 Å². The Hall–Kier alpha value is -1.46. The molecule has 1 heterocycles. The molecule has 1 aliphatic rings. The number of nitro benzene ring substituents is 1. The van der Waals surface area contributed by atoms with E-state index in [1.165, 1.54) is 12.1 Å². The summed E-state index contributed by atoms with van der Waals surface area (Å²) in [4.78, 5) is 24.4. The smallest absolute Gasteiger partial charge is 0.273 e. The number of carbonyl (C=O) groups excluding carboxylic acids is 1. The van der Waals surface area contributed by atoms with Crippen LogP contribution in [-0.4, -0.2) is 28.2 Å². The Morgan fingerprint density at radius 3 is 2.90 bits per heavy atom. The van der Waals surface area contributed by atoms with Gasteiger partial charge in [-0.15, -0.1) is 0 Å². The first-order valence-electron chi connectivity index (χ1n) is 6.66. The molecule has 0 amide bonds. The highest BCUT2D eigenvalue weighted by molar-refractivity contribution is 6.30. The lowest BCUT2D eigenvalue weighted by Crippen LogP contribution is -2.43. The molecular formula is C14H17ClN2O3. The van der Waals surface area contributed by atoms with E-state index in [4.69, 9.17) is 11.6 Å². The normalized spacial score (nSPS) is 19.8. The fourth-order valence-electron chi connectivity index (χ4n) is 2.72. The molecule has 1 aromatic rings. The van der Waals surface area contributed by atoms with Crippen LogP contribution < -0.4 is 0 Å². The molecule has 1 aromatic carbocycles. The molecule has 1 unspecified atom stereocenters. The number of piperidine rings is 1. The van der Waals surface area contributed by atoms with Crippen molar-refractivity contribution in [2.45, 2.75) is 38.8 Å². The van der Waals surface area contributed by atoms with Gasteiger partial charge < -0.3 is 0 Å². The van der Waals surface area contributed by atoms with Gasteiger partial charge in [-0.25, -0.2) is 0 Å². The van der Waals surface area contributed by atoms with Gasteiger partial charge in [0.1, 0.15) is 5.78 Å². The number of benzene rings is 1. The van der Waals surface area contributed by atoms with Gasteiger partial charge in [0.25, 0.3) is 5.69 Å². The predicted octanol–water partition coefficient (Wildman–Crippen LogP) is 3.19. The molecule has 20 heavy (non-hydrogen) atoms. The van der Waals surface area contributed by atoms with Gasteiger partial charge >= 0.3 is 0 Å². The monoisotopic (exact) mass is 296 g/mol. The predicted molar refractivity (Wildman–Crippen MR) is 76.8 cm³/mol. The fraction of sp³-hybridized carbons (Fsp3) is 0.500. The van der Waals surface area contributed by atoms with Gasteiger partial charge in [0.2, 0.25) is 0 Å². The van der Waals surface area contributed by atoms with Crippen molar-refractivity contribution in [3.05, 3.63) is 38.9 Å². The largest absolute Gasteiger partial charge is 0.298 e. The van der Waals surface area contributed by atoms with Crippen molar-refractivity contribution in [2.75, 3.05) is 6.54 Å². The van der Waals surface area contributed by atoms with Crippen LogP contribution in [0.5, 0.6) is 0 Å². The van der Waals surface area contributed by atoms with E-state index in [1.54, 1.807) is 13.0 Å². The highest BCUT2D eigenvalue weighted by Gasteiger charge is 2.27. The van der Waals surface area contributed by atoms with Gasteiger partial charge in [-0.05, 0) is 38.4 Å². The first-order chi connectivity index (χ1) is 9.49. The van der Waals surface area contributed by atoms with E-state index < -0.39 is 4.92 Å². The van der Waals surface area contributed by atoms with Crippen LogP contribution in [0.25, 0.3) is 0 Å². The van der Waals surface area contributed by atoms with Gasteiger partial charge in [0, 0.05) is 23.2 Å². The van der Waals surface area contributed by atoms with E-state index >= 15 is 0 Å². The number of Topliss-reactive ketones (excluding diaryl/α,β-unsaturated/α-hetero) is 1. The average molecular weight is 297 g/mol. The summed E-state index contributed by atoms with van der Waals surface area (Å²) >= 11 is 5.93. The molecule has 1 aliphatic heterocycles. The maximum absolute atomic E-state index is 11.7. The number of carbonyl (C=O) groups is 1.